The van der Waals surface area contributed by atoms with Crippen molar-refractivity contribution in [1.82, 2.24) is 4.98 Å². The van der Waals surface area contributed by atoms with E-state index in [1.807, 2.05) is 25.1 Å². The van der Waals surface area contributed by atoms with Crippen molar-refractivity contribution in [3.63, 3.8) is 0 Å². The average Bonchev–Trinajstić information content (AvgIpc) is 2.32. The topological polar surface area (TPSA) is 56.6 Å². The minimum absolute atomic E-state index is 0.0891. The Bertz CT molecular complexity index is 635. The summed E-state index contributed by atoms with van der Waals surface area (Å²) in [5.74, 6) is 0. The van der Waals surface area contributed by atoms with E-state index in [0.717, 1.165) is 16.7 Å². The maximum absolute atomic E-state index is 11.2. The van der Waals surface area contributed by atoms with Gasteiger partial charge in [-0.3, -0.25) is 4.79 Å². The zero-order valence-electron chi connectivity index (χ0n) is 9.53. The van der Waals surface area contributed by atoms with Crippen molar-refractivity contribution < 1.29 is 0 Å². The predicted molar refractivity (Wildman–Crippen MR) is 65.8 cm³/mol. The zero-order chi connectivity index (χ0) is 12.3. The minimum Gasteiger partial charge on any atom is -0.329 e. The molecule has 3 heteroatoms. The van der Waals surface area contributed by atoms with Crippen molar-refractivity contribution >= 4 is 0 Å². The van der Waals surface area contributed by atoms with E-state index in [9.17, 15) is 4.79 Å². The Labute approximate surface area is 99.4 Å². The van der Waals surface area contributed by atoms with Crippen LogP contribution in [0.15, 0.2) is 41.3 Å². The monoisotopic (exact) mass is 224 g/mol. The normalized spacial score (nSPS) is 9.88. The third-order valence-electron chi connectivity index (χ3n) is 2.71. The Hall–Kier alpha value is -2.34. The van der Waals surface area contributed by atoms with Gasteiger partial charge in [-0.05, 0) is 48.2 Å². The van der Waals surface area contributed by atoms with E-state index in [0.29, 0.717) is 12.0 Å². The Morgan fingerprint density at radius 1 is 1.29 bits per heavy atom. The lowest BCUT2D eigenvalue weighted by Crippen LogP contribution is -2.04. The molecule has 0 atom stereocenters. The summed E-state index contributed by atoms with van der Waals surface area (Å²) in [6.45, 7) is 1.98. The van der Waals surface area contributed by atoms with Gasteiger partial charge in [0.05, 0.1) is 11.6 Å². The molecule has 0 aliphatic rings. The molecule has 3 nitrogen and oxygen atoms in total. The molecule has 17 heavy (non-hydrogen) atoms. The maximum Gasteiger partial charge on any atom is 0.248 e. The number of nitrogens with one attached hydrogen (secondary N) is 1. The van der Waals surface area contributed by atoms with Crippen molar-refractivity contribution in [1.29, 1.82) is 5.26 Å². The first-order valence-corrected chi connectivity index (χ1v) is 5.36. The summed E-state index contributed by atoms with van der Waals surface area (Å²) in [5.41, 5.74) is 3.76. The smallest absolute Gasteiger partial charge is 0.248 e. The van der Waals surface area contributed by atoms with Crippen molar-refractivity contribution in [2.75, 3.05) is 0 Å². The number of nitriles is 1. The number of nitrogens with zero attached hydrogens (tertiary/aromatic N) is 1. The summed E-state index contributed by atoms with van der Waals surface area (Å²) in [4.78, 5) is 13.8. The lowest BCUT2D eigenvalue weighted by Gasteiger charge is -2.05. The molecule has 2 rings (SSSR count). The van der Waals surface area contributed by atoms with E-state index in [2.05, 4.69) is 11.1 Å². The highest BCUT2D eigenvalue weighted by Crippen LogP contribution is 2.14. The van der Waals surface area contributed by atoms with E-state index in [4.69, 9.17) is 5.26 Å². The van der Waals surface area contributed by atoms with Crippen LogP contribution in [-0.4, -0.2) is 4.98 Å². The molecule has 0 saturated carbocycles. The van der Waals surface area contributed by atoms with Crippen LogP contribution in [0.1, 0.15) is 22.3 Å². The van der Waals surface area contributed by atoms with E-state index in [1.165, 1.54) is 0 Å². The summed E-state index contributed by atoms with van der Waals surface area (Å²) >= 11 is 0. The van der Waals surface area contributed by atoms with Crippen LogP contribution in [0.3, 0.4) is 0 Å². The van der Waals surface area contributed by atoms with Gasteiger partial charge >= 0.3 is 0 Å². The number of benzene rings is 1. The minimum atomic E-state index is -0.0891. The number of hydrogen-bond donors (Lipinski definition) is 1. The van der Waals surface area contributed by atoms with E-state index >= 15 is 0 Å². The second-order valence-corrected chi connectivity index (χ2v) is 3.99. The van der Waals surface area contributed by atoms with Gasteiger partial charge in [0.15, 0.2) is 0 Å². The van der Waals surface area contributed by atoms with Crippen LogP contribution in [0.2, 0.25) is 0 Å². The Kier molecular flexibility index (Phi) is 3.06. The van der Waals surface area contributed by atoms with Crippen molar-refractivity contribution in [2.24, 2.45) is 0 Å². The zero-order valence-corrected chi connectivity index (χ0v) is 9.53. The Morgan fingerprint density at radius 2 is 2.12 bits per heavy atom. The molecule has 2 aromatic rings. The largest absolute Gasteiger partial charge is 0.329 e. The number of aryl methyl sites for hydroxylation is 1. The van der Waals surface area contributed by atoms with Crippen LogP contribution >= 0.6 is 0 Å². The first-order chi connectivity index (χ1) is 8.19. The van der Waals surface area contributed by atoms with Gasteiger partial charge in [0.2, 0.25) is 5.56 Å². The summed E-state index contributed by atoms with van der Waals surface area (Å²) in [5, 5.41) is 8.78. The molecule has 0 unspecified atom stereocenters. The second kappa shape index (κ2) is 4.67. The SMILES string of the molecule is Cc1cc(C#N)ccc1Cc1cc[nH]c(=O)c1. The van der Waals surface area contributed by atoms with Crippen LogP contribution < -0.4 is 5.56 Å². The molecule has 1 N–H and O–H groups in total. The molecule has 1 heterocycles. The first-order valence-electron chi connectivity index (χ1n) is 5.36. The molecule has 1 aromatic carbocycles. The summed E-state index contributed by atoms with van der Waals surface area (Å²) in [7, 11) is 0. The average molecular weight is 224 g/mol. The lowest BCUT2D eigenvalue weighted by atomic mass is 9.99. The second-order valence-electron chi connectivity index (χ2n) is 3.99. The summed E-state index contributed by atoms with van der Waals surface area (Å²) < 4.78 is 0. The van der Waals surface area contributed by atoms with Gasteiger partial charge in [-0.15, -0.1) is 0 Å². The molecule has 0 radical (unpaired) electrons. The number of H-pyrrole nitrogens is 1. The molecule has 0 fully saturated rings. The summed E-state index contributed by atoms with van der Waals surface area (Å²) in [6, 6.07) is 11.2. The highest BCUT2D eigenvalue weighted by atomic mass is 16.1. The van der Waals surface area contributed by atoms with Gasteiger partial charge in [0, 0.05) is 12.3 Å². The molecule has 0 bridgehead atoms. The van der Waals surface area contributed by atoms with E-state index < -0.39 is 0 Å². The fourth-order valence-corrected chi connectivity index (χ4v) is 1.78. The molecule has 0 aliphatic heterocycles. The highest BCUT2D eigenvalue weighted by Gasteiger charge is 2.02. The van der Waals surface area contributed by atoms with Gasteiger partial charge in [-0.2, -0.15) is 5.26 Å². The standard InChI is InChI=1S/C14H12N2O/c1-10-6-12(9-15)2-3-13(10)7-11-4-5-16-14(17)8-11/h2-6,8H,7H2,1H3,(H,16,17). The van der Waals surface area contributed by atoms with Crippen LogP contribution in [-0.2, 0) is 6.42 Å². The third kappa shape index (κ3) is 2.61. The predicted octanol–water partition coefficient (Wildman–Crippen LogP) is 2.15. The van der Waals surface area contributed by atoms with Gasteiger partial charge in [-0.25, -0.2) is 0 Å². The summed E-state index contributed by atoms with van der Waals surface area (Å²) in [6.07, 6.45) is 2.36. The number of hydrogen-bond acceptors (Lipinski definition) is 2. The number of pyridine rings is 1. The van der Waals surface area contributed by atoms with E-state index in [1.54, 1.807) is 18.3 Å². The molecular weight excluding hydrogens is 212 g/mol. The fraction of sp³-hybridized carbons (Fsp3) is 0.143. The first kappa shape index (κ1) is 11.2. The molecular formula is C14H12N2O. The number of aromatic nitrogens is 1. The Balaban J connectivity index is 2.31. The molecule has 84 valence electrons. The van der Waals surface area contributed by atoms with Crippen LogP contribution in [0.25, 0.3) is 0 Å². The quantitative estimate of drug-likeness (QED) is 0.849. The number of rotatable bonds is 2. The van der Waals surface area contributed by atoms with Gasteiger partial charge in [0.1, 0.15) is 0 Å². The van der Waals surface area contributed by atoms with Crippen LogP contribution in [0.4, 0.5) is 0 Å². The van der Waals surface area contributed by atoms with E-state index in [-0.39, 0.29) is 5.56 Å². The van der Waals surface area contributed by atoms with Crippen molar-refractivity contribution in [3.05, 3.63) is 69.1 Å². The fourth-order valence-electron chi connectivity index (χ4n) is 1.78. The molecule has 0 spiro atoms. The maximum atomic E-state index is 11.2. The molecule has 1 aromatic heterocycles. The van der Waals surface area contributed by atoms with Crippen LogP contribution in [0, 0.1) is 18.3 Å². The molecule has 0 amide bonds. The molecule has 0 aliphatic carbocycles. The van der Waals surface area contributed by atoms with Crippen molar-refractivity contribution in [3.8, 4) is 6.07 Å². The molecule has 0 saturated heterocycles. The number of aromatic amines is 1. The lowest BCUT2D eigenvalue weighted by molar-refractivity contribution is 1.11. The Morgan fingerprint density at radius 3 is 2.76 bits per heavy atom. The third-order valence-corrected chi connectivity index (χ3v) is 2.71. The van der Waals surface area contributed by atoms with Crippen molar-refractivity contribution in [2.45, 2.75) is 13.3 Å². The van der Waals surface area contributed by atoms with Gasteiger partial charge < -0.3 is 4.98 Å². The highest BCUT2D eigenvalue weighted by molar-refractivity contribution is 5.39. The van der Waals surface area contributed by atoms with Gasteiger partial charge in [-0.1, -0.05) is 6.07 Å². The van der Waals surface area contributed by atoms with Crippen LogP contribution in [0.5, 0.6) is 0 Å². The van der Waals surface area contributed by atoms with Gasteiger partial charge in [0.25, 0.3) is 0 Å².